The van der Waals surface area contributed by atoms with Gasteiger partial charge < -0.3 is 10.1 Å². The molecular weight excluding hydrogens is 330 g/mol. The van der Waals surface area contributed by atoms with E-state index in [-0.39, 0.29) is 5.92 Å². The van der Waals surface area contributed by atoms with E-state index in [2.05, 4.69) is 65.8 Å². The van der Waals surface area contributed by atoms with Crippen LogP contribution in [0.25, 0.3) is 21.7 Å². The number of fused-ring (bicyclic) bond motifs is 2. The number of aromatic hydroxyl groups is 1. The van der Waals surface area contributed by atoms with Crippen LogP contribution >= 0.6 is 0 Å². The summed E-state index contributed by atoms with van der Waals surface area (Å²) in [5.74, 6) is 0.265. The lowest BCUT2D eigenvalue weighted by Crippen LogP contribution is -2.04. The predicted molar refractivity (Wildman–Crippen MR) is 111 cm³/mol. The van der Waals surface area contributed by atoms with Gasteiger partial charge in [-0.1, -0.05) is 78.9 Å². The largest absolute Gasteiger partial charge is 0.508 e. The summed E-state index contributed by atoms with van der Waals surface area (Å²) < 4.78 is 0. The Labute approximate surface area is 157 Å². The molecule has 2 nitrogen and oxygen atoms in total. The Hall–Kier alpha value is -3.52. The highest BCUT2D eigenvalue weighted by atomic mass is 16.3. The third kappa shape index (κ3) is 2.58. The Morgan fingerprint density at radius 3 is 2.22 bits per heavy atom. The first kappa shape index (κ1) is 15.7. The standard InChI is InChI=1S/C25H19NO/c27-23-15-14-17-8-4-5-11-19(17)25(23)24(18-9-2-1-3-10-18)21-16-26-22-13-7-6-12-20(21)22/h1-16,24,26-27H/t24-/m1/s1. The van der Waals surface area contributed by atoms with Crippen LogP contribution in [0.2, 0.25) is 0 Å². The quantitative estimate of drug-likeness (QED) is 0.399. The molecule has 0 unspecified atom stereocenters. The van der Waals surface area contributed by atoms with E-state index in [1.165, 1.54) is 10.9 Å². The van der Waals surface area contributed by atoms with Gasteiger partial charge in [-0.05, 0) is 34.0 Å². The van der Waals surface area contributed by atoms with E-state index in [1.807, 2.05) is 36.4 Å². The third-order valence-corrected chi connectivity index (χ3v) is 5.30. The Morgan fingerprint density at radius 1 is 0.667 bits per heavy atom. The van der Waals surface area contributed by atoms with Gasteiger partial charge in [0.1, 0.15) is 5.75 Å². The first-order valence-corrected chi connectivity index (χ1v) is 9.14. The number of rotatable bonds is 3. The van der Waals surface area contributed by atoms with Crippen molar-refractivity contribution in [1.29, 1.82) is 0 Å². The molecule has 130 valence electrons. The maximum atomic E-state index is 10.9. The summed E-state index contributed by atoms with van der Waals surface area (Å²) in [4.78, 5) is 3.39. The highest BCUT2D eigenvalue weighted by Gasteiger charge is 2.24. The van der Waals surface area contributed by atoms with Crippen LogP contribution in [0.4, 0.5) is 0 Å². The molecule has 2 heteroatoms. The van der Waals surface area contributed by atoms with Crippen molar-refractivity contribution >= 4 is 21.7 Å². The maximum absolute atomic E-state index is 10.9. The summed E-state index contributed by atoms with van der Waals surface area (Å²) in [7, 11) is 0. The number of phenols is 1. The molecule has 1 heterocycles. The minimum Gasteiger partial charge on any atom is -0.508 e. The lowest BCUT2D eigenvalue weighted by molar-refractivity contribution is 0.468. The molecule has 0 aliphatic heterocycles. The first-order valence-electron chi connectivity index (χ1n) is 9.14. The van der Waals surface area contributed by atoms with Crippen molar-refractivity contribution in [3.05, 3.63) is 114 Å². The van der Waals surface area contributed by atoms with Gasteiger partial charge in [0.25, 0.3) is 0 Å². The second kappa shape index (κ2) is 6.33. The number of hydrogen-bond acceptors (Lipinski definition) is 1. The molecule has 4 aromatic carbocycles. The van der Waals surface area contributed by atoms with E-state index in [4.69, 9.17) is 0 Å². The van der Waals surface area contributed by atoms with Crippen molar-refractivity contribution in [3.8, 4) is 5.75 Å². The van der Waals surface area contributed by atoms with Gasteiger partial charge in [0.2, 0.25) is 0 Å². The fourth-order valence-corrected chi connectivity index (χ4v) is 4.07. The van der Waals surface area contributed by atoms with Crippen molar-refractivity contribution in [2.45, 2.75) is 5.92 Å². The van der Waals surface area contributed by atoms with Crippen molar-refractivity contribution in [2.24, 2.45) is 0 Å². The SMILES string of the molecule is Oc1ccc2ccccc2c1[C@H](c1ccccc1)c1c[nH]c2ccccc12. The number of para-hydroxylation sites is 1. The molecule has 5 aromatic rings. The van der Waals surface area contributed by atoms with E-state index in [0.29, 0.717) is 5.75 Å². The van der Waals surface area contributed by atoms with Crippen molar-refractivity contribution in [3.63, 3.8) is 0 Å². The molecule has 2 N–H and O–H groups in total. The second-order valence-electron chi connectivity index (χ2n) is 6.85. The zero-order valence-electron chi connectivity index (χ0n) is 14.8. The van der Waals surface area contributed by atoms with E-state index in [1.54, 1.807) is 0 Å². The van der Waals surface area contributed by atoms with Crippen LogP contribution in [0.1, 0.15) is 22.6 Å². The Kier molecular flexibility index (Phi) is 3.68. The van der Waals surface area contributed by atoms with Gasteiger partial charge in [-0.15, -0.1) is 0 Å². The molecule has 0 saturated carbocycles. The van der Waals surface area contributed by atoms with Crippen LogP contribution in [-0.2, 0) is 0 Å². The average Bonchev–Trinajstić information content (AvgIpc) is 3.15. The van der Waals surface area contributed by atoms with Crippen LogP contribution in [0.15, 0.2) is 97.2 Å². The van der Waals surface area contributed by atoms with Crippen LogP contribution in [-0.4, -0.2) is 10.1 Å². The van der Waals surface area contributed by atoms with Gasteiger partial charge in [-0.2, -0.15) is 0 Å². The molecular formula is C25H19NO. The van der Waals surface area contributed by atoms with Gasteiger partial charge in [-0.3, -0.25) is 0 Å². The van der Waals surface area contributed by atoms with E-state index >= 15 is 0 Å². The molecule has 1 atom stereocenters. The normalized spacial score (nSPS) is 12.4. The van der Waals surface area contributed by atoms with Gasteiger partial charge in [0, 0.05) is 28.6 Å². The first-order chi connectivity index (χ1) is 13.3. The molecule has 0 saturated heterocycles. The highest BCUT2D eigenvalue weighted by Crippen LogP contribution is 2.43. The average molecular weight is 349 g/mol. The minimum atomic E-state index is -0.0616. The number of phenolic OH excluding ortho intramolecular Hbond substituents is 1. The lowest BCUT2D eigenvalue weighted by Gasteiger charge is -2.21. The topological polar surface area (TPSA) is 36.0 Å². The van der Waals surface area contributed by atoms with E-state index < -0.39 is 0 Å². The summed E-state index contributed by atoms with van der Waals surface area (Å²) in [6.07, 6.45) is 2.07. The molecule has 0 aliphatic rings. The number of H-pyrrole nitrogens is 1. The minimum absolute atomic E-state index is 0.0616. The number of aromatic nitrogens is 1. The number of nitrogens with one attached hydrogen (secondary N) is 1. The van der Waals surface area contributed by atoms with Crippen molar-refractivity contribution in [1.82, 2.24) is 4.98 Å². The zero-order chi connectivity index (χ0) is 18.2. The molecule has 0 bridgehead atoms. The Balaban J connectivity index is 1.87. The van der Waals surface area contributed by atoms with Gasteiger partial charge in [0.05, 0.1) is 0 Å². The van der Waals surface area contributed by atoms with E-state index in [9.17, 15) is 5.11 Å². The Morgan fingerprint density at radius 2 is 1.37 bits per heavy atom. The van der Waals surface area contributed by atoms with Gasteiger partial charge >= 0.3 is 0 Å². The molecule has 0 fully saturated rings. The number of benzene rings is 4. The molecule has 0 radical (unpaired) electrons. The van der Waals surface area contributed by atoms with Crippen LogP contribution in [0.5, 0.6) is 5.75 Å². The molecule has 0 spiro atoms. The highest BCUT2D eigenvalue weighted by molar-refractivity contribution is 5.91. The smallest absolute Gasteiger partial charge is 0.120 e. The summed E-state index contributed by atoms with van der Waals surface area (Å²) in [5, 5.41) is 14.3. The zero-order valence-corrected chi connectivity index (χ0v) is 14.8. The molecule has 5 rings (SSSR count). The second-order valence-corrected chi connectivity index (χ2v) is 6.85. The summed E-state index contributed by atoms with van der Waals surface area (Å²) in [6, 6.07) is 30.8. The Bertz CT molecular complexity index is 1240. The molecule has 0 aliphatic carbocycles. The lowest BCUT2D eigenvalue weighted by atomic mass is 9.82. The van der Waals surface area contributed by atoms with Crippen LogP contribution < -0.4 is 0 Å². The van der Waals surface area contributed by atoms with Crippen molar-refractivity contribution in [2.75, 3.05) is 0 Å². The van der Waals surface area contributed by atoms with Gasteiger partial charge in [-0.25, -0.2) is 0 Å². The van der Waals surface area contributed by atoms with Crippen LogP contribution in [0.3, 0.4) is 0 Å². The third-order valence-electron chi connectivity index (χ3n) is 5.30. The predicted octanol–water partition coefficient (Wildman–Crippen LogP) is 6.21. The number of hydrogen-bond donors (Lipinski definition) is 2. The van der Waals surface area contributed by atoms with Crippen LogP contribution in [0, 0.1) is 0 Å². The maximum Gasteiger partial charge on any atom is 0.120 e. The number of aromatic amines is 1. The molecule has 1 aromatic heterocycles. The summed E-state index contributed by atoms with van der Waals surface area (Å²) in [6.45, 7) is 0. The fraction of sp³-hybridized carbons (Fsp3) is 0.0400. The fourth-order valence-electron chi connectivity index (χ4n) is 4.07. The van der Waals surface area contributed by atoms with Gasteiger partial charge in [0.15, 0.2) is 0 Å². The summed E-state index contributed by atoms with van der Waals surface area (Å²) in [5.41, 5.74) is 4.38. The van der Waals surface area contributed by atoms with Crippen molar-refractivity contribution < 1.29 is 5.11 Å². The molecule has 0 amide bonds. The summed E-state index contributed by atoms with van der Waals surface area (Å²) >= 11 is 0. The molecule has 27 heavy (non-hydrogen) atoms. The van der Waals surface area contributed by atoms with E-state index in [0.717, 1.165) is 27.4 Å². The monoisotopic (exact) mass is 349 g/mol.